The highest BCUT2D eigenvalue weighted by atomic mass is 16.5. The molecule has 5 nitrogen and oxygen atoms in total. The van der Waals surface area contributed by atoms with Crippen LogP contribution in [0.5, 0.6) is 5.75 Å². The van der Waals surface area contributed by atoms with Gasteiger partial charge in [-0.2, -0.15) is 5.26 Å². The lowest BCUT2D eigenvalue weighted by molar-refractivity contribution is 0.415. The number of methoxy groups -OCH3 is 1. The summed E-state index contributed by atoms with van der Waals surface area (Å²) >= 11 is 0. The van der Waals surface area contributed by atoms with Crippen LogP contribution in [0.15, 0.2) is 17.3 Å². The van der Waals surface area contributed by atoms with Crippen LogP contribution in [-0.2, 0) is 0 Å². The monoisotopic (exact) mass is 201 g/mol. The second-order valence-electron chi connectivity index (χ2n) is 2.71. The number of ether oxygens (including phenoxy) is 1. The van der Waals surface area contributed by atoms with Crippen molar-refractivity contribution >= 4 is 24.7 Å². The first-order chi connectivity index (χ1) is 7.22. The molecule has 1 aromatic rings. The van der Waals surface area contributed by atoms with E-state index < -0.39 is 0 Å². The van der Waals surface area contributed by atoms with Crippen molar-refractivity contribution in [1.82, 2.24) is 0 Å². The first kappa shape index (κ1) is 11.1. The third kappa shape index (κ3) is 2.47. The summed E-state index contributed by atoms with van der Waals surface area (Å²) in [6, 6.07) is 4.88. The summed E-state index contributed by atoms with van der Waals surface area (Å²) in [7, 11) is 7.13. The van der Waals surface area contributed by atoms with Gasteiger partial charge >= 0.3 is 0 Å². The topological polar surface area (TPSA) is 74.5 Å². The molecule has 0 aliphatic rings. The fourth-order valence-corrected chi connectivity index (χ4v) is 1.13. The minimum Gasteiger partial charge on any atom is -0.497 e. The molecule has 0 spiro atoms. The van der Waals surface area contributed by atoms with Gasteiger partial charge in [-0.15, -0.1) is 4.91 Å². The summed E-state index contributed by atoms with van der Waals surface area (Å²) in [6.07, 6.45) is 0. The lowest BCUT2D eigenvalue weighted by atomic mass is 9.92. The maximum atomic E-state index is 10.5. The van der Waals surface area contributed by atoms with Crippen LogP contribution in [-0.4, -0.2) is 21.5 Å². The van der Waals surface area contributed by atoms with Crippen molar-refractivity contribution < 1.29 is 4.74 Å². The normalized spacial score (nSPS) is 9.07. The zero-order valence-electron chi connectivity index (χ0n) is 8.15. The molecule has 1 N–H and O–H groups in total. The lowest BCUT2D eigenvalue weighted by Crippen LogP contribution is -2.13. The molecule has 0 bridgehead atoms. The van der Waals surface area contributed by atoms with Crippen molar-refractivity contribution in [2.24, 2.45) is 5.18 Å². The zero-order valence-corrected chi connectivity index (χ0v) is 8.15. The number of anilines is 1. The second kappa shape index (κ2) is 5.01. The molecule has 74 valence electrons. The zero-order chi connectivity index (χ0) is 11.3. The highest BCUT2D eigenvalue weighted by molar-refractivity contribution is 6.36. The van der Waals surface area contributed by atoms with Crippen LogP contribution in [0.2, 0.25) is 0 Å². The Bertz CT molecular complexity index is 415. The summed E-state index contributed by atoms with van der Waals surface area (Å²) < 4.78 is 4.93. The number of rotatable bonds is 4. The van der Waals surface area contributed by atoms with Gasteiger partial charge in [0.2, 0.25) is 0 Å². The van der Waals surface area contributed by atoms with E-state index in [4.69, 9.17) is 17.8 Å². The van der Waals surface area contributed by atoms with Gasteiger partial charge in [-0.3, -0.25) is 0 Å². The summed E-state index contributed by atoms with van der Waals surface area (Å²) in [6.45, 7) is 0.0546. The van der Waals surface area contributed by atoms with Gasteiger partial charge in [0, 0.05) is 6.07 Å². The second-order valence-corrected chi connectivity index (χ2v) is 2.71. The van der Waals surface area contributed by atoms with Crippen LogP contribution in [0, 0.1) is 16.2 Å². The molecule has 0 aliphatic carbocycles. The number of nitrogens with one attached hydrogen (secondary N) is 1. The average Bonchev–Trinajstić information content (AvgIpc) is 2.26. The van der Waals surface area contributed by atoms with E-state index >= 15 is 0 Å². The van der Waals surface area contributed by atoms with Crippen molar-refractivity contribution in [2.75, 3.05) is 19.0 Å². The first-order valence-corrected chi connectivity index (χ1v) is 4.14. The maximum absolute atomic E-state index is 10.5. The highest BCUT2D eigenvalue weighted by Gasteiger charge is 2.08. The molecule has 0 aliphatic heterocycles. The van der Waals surface area contributed by atoms with Gasteiger partial charge < -0.3 is 10.1 Å². The van der Waals surface area contributed by atoms with Crippen molar-refractivity contribution in [3.05, 3.63) is 17.0 Å². The Labute approximate surface area is 88.4 Å². The fourth-order valence-electron chi connectivity index (χ4n) is 1.13. The predicted octanol–water partition coefficient (Wildman–Crippen LogP) is 0.822. The Kier molecular flexibility index (Phi) is 3.69. The van der Waals surface area contributed by atoms with E-state index in [9.17, 15) is 4.91 Å². The molecule has 1 rings (SSSR count). The molecule has 0 heterocycles. The molecule has 0 atom stereocenters. The van der Waals surface area contributed by atoms with Crippen molar-refractivity contribution in [1.29, 1.82) is 5.26 Å². The van der Waals surface area contributed by atoms with E-state index in [0.29, 0.717) is 16.9 Å². The summed E-state index contributed by atoms with van der Waals surface area (Å²) in [5.41, 5.74) is 0.800. The fraction of sp³-hybridized carbons (Fsp3) is 0.222. The Hall–Kier alpha value is -2.03. The van der Waals surface area contributed by atoms with E-state index in [0.717, 1.165) is 0 Å². The maximum Gasteiger partial charge on any atom is 0.134 e. The molecular weight excluding hydrogens is 193 g/mol. The Morgan fingerprint density at radius 3 is 2.93 bits per heavy atom. The standard InChI is InChI=1S/C9H8BN3O2/c1-15-6-4-7(10)9(12-3-2-11)8(5-6)13-14/h4-5,12H,3H2,1H3. The van der Waals surface area contributed by atoms with Crippen LogP contribution in [0.4, 0.5) is 11.4 Å². The van der Waals surface area contributed by atoms with E-state index in [-0.39, 0.29) is 12.2 Å². The number of nitroso groups, excluding NO2 is 1. The largest absolute Gasteiger partial charge is 0.497 e. The molecule has 15 heavy (non-hydrogen) atoms. The van der Waals surface area contributed by atoms with Gasteiger partial charge in [0.1, 0.15) is 25.8 Å². The summed E-state index contributed by atoms with van der Waals surface area (Å²) in [5.74, 6) is 0.449. The quantitative estimate of drug-likeness (QED) is 0.444. The number of nitriles is 1. The molecule has 0 saturated heterocycles. The Morgan fingerprint density at radius 1 is 1.67 bits per heavy atom. The molecular formula is C9H8BN3O2. The van der Waals surface area contributed by atoms with E-state index in [1.165, 1.54) is 13.2 Å². The molecule has 0 saturated carbocycles. The highest BCUT2D eigenvalue weighted by Crippen LogP contribution is 2.26. The van der Waals surface area contributed by atoms with E-state index in [2.05, 4.69) is 10.5 Å². The number of hydrogen-bond acceptors (Lipinski definition) is 5. The van der Waals surface area contributed by atoms with Crippen LogP contribution in [0.3, 0.4) is 0 Å². The first-order valence-electron chi connectivity index (χ1n) is 4.14. The van der Waals surface area contributed by atoms with E-state index in [1.54, 1.807) is 6.07 Å². The molecule has 6 heteroatoms. The minimum absolute atomic E-state index is 0.0546. The van der Waals surface area contributed by atoms with Crippen molar-refractivity contribution in [3.8, 4) is 11.8 Å². The Morgan fingerprint density at radius 2 is 2.40 bits per heavy atom. The van der Waals surface area contributed by atoms with Crippen LogP contribution in [0.1, 0.15) is 0 Å². The number of nitrogens with zero attached hydrogens (tertiary/aromatic N) is 2. The van der Waals surface area contributed by atoms with Gasteiger partial charge in [0.25, 0.3) is 0 Å². The van der Waals surface area contributed by atoms with Gasteiger partial charge in [-0.1, -0.05) is 5.46 Å². The molecule has 1 aromatic carbocycles. The van der Waals surface area contributed by atoms with E-state index in [1.807, 2.05) is 6.07 Å². The third-order valence-electron chi connectivity index (χ3n) is 1.80. The molecule has 2 radical (unpaired) electrons. The molecule has 0 amide bonds. The molecule has 0 aromatic heterocycles. The van der Waals surface area contributed by atoms with Crippen molar-refractivity contribution in [2.45, 2.75) is 0 Å². The smallest absolute Gasteiger partial charge is 0.134 e. The van der Waals surface area contributed by atoms with Crippen LogP contribution in [0.25, 0.3) is 0 Å². The average molecular weight is 201 g/mol. The number of hydrogen-bond donors (Lipinski definition) is 1. The van der Waals surface area contributed by atoms with Crippen LogP contribution < -0.4 is 15.5 Å². The minimum atomic E-state index is 0.0546. The predicted molar refractivity (Wildman–Crippen MR) is 57.9 cm³/mol. The van der Waals surface area contributed by atoms with Gasteiger partial charge in [-0.05, 0) is 11.2 Å². The van der Waals surface area contributed by atoms with Gasteiger partial charge in [0.15, 0.2) is 0 Å². The SMILES string of the molecule is [B]c1cc(OC)cc(N=O)c1NCC#N. The van der Waals surface area contributed by atoms with Crippen molar-refractivity contribution in [3.63, 3.8) is 0 Å². The molecule has 0 fully saturated rings. The third-order valence-corrected chi connectivity index (χ3v) is 1.80. The van der Waals surface area contributed by atoms with Gasteiger partial charge in [-0.25, -0.2) is 0 Å². The van der Waals surface area contributed by atoms with Crippen LogP contribution >= 0.6 is 0 Å². The molecule has 0 unspecified atom stereocenters. The summed E-state index contributed by atoms with van der Waals surface area (Å²) in [5, 5.41) is 13.9. The Balaban J connectivity index is 3.13. The lowest BCUT2D eigenvalue weighted by Gasteiger charge is -2.10. The number of benzene rings is 1. The summed E-state index contributed by atoms with van der Waals surface area (Å²) in [4.78, 5) is 10.5. The van der Waals surface area contributed by atoms with Gasteiger partial charge in [0.05, 0.1) is 18.9 Å².